The lowest BCUT2D eigenvalue weighted by molar-refractivity contribution is -0.140. The van der Waals surface area contributed by atoms with Crippen LogP contribution in [0.3, 0.4) is 0 Å². The summed E-state index contributed by atoms with van der Waals surface area (Å²) in [6, 6.07) is 9.02. The summed E-state index contributed by atoms with van der Waals surface area (Å²) in [6.45, 7) is 4.79. The number of aliphatic hydroxyl groups excluding tert-OH is 1. The molecular formula is C26H32N2O6. The van der Waals surface area contributed by atoms with Crippen LogP contribution in [0, 0.1) is 0 Å². The summed E-state index contributed by atoms with van der Waals surface area (Å²) in [6.07, 6.45) is 0. The Kier molecular flexibility index (Phi) is 7.51. The van der Waals surface area contributed by atoms with Gasteiger partial charge in [0.25, 0.3) is 11.7 Å². The van der Waals surface area contributed by atoms with E-state index in [2.05, 4.69) is 0 Å². The van der Waals surface area contributed by atoms with Crippen LogP contribution in [0.25, 0.3) is 5.76 Å². The van der Waals surface area contributed by atoms with Gasteiger partial charge in [-0.25, -0.2) is 0 Å². The molecule has 0 radical (unpaired) electrons. The van der Waals surface area contributed by atoms with Gasteiger partial charge in [-0.15, -0.1) is 0 Å². The molecule has 0 aromatic heterocycles. The molecule has 1 atom stereocenters. The van der Waals surface area contributed by atoms with E-state index in [0.29, 0.717) is 23.4 Å². The first-order chi connectivity index (χ1) is 16.1. The van der Waals surface area contributed by atoms with Gasteiger partial charge in [-0.2, -0.15) is 0 Å². The van der Waals surface area contributed by atoms with Gasteiger partial charge in [0.1, 0.15) is 11.5 Å². The number of ketones is 1. The number of aliphatic hydroxyl groups is 1. The van der Waals surface area contributed by atoms with Crippen molar-refractivity contribution in [3.8, 4) is 17.2 Å². The van der Waals surface area contributed by atoms with Crippen molar-refractivity contribution in [3.63, 3.8) is 0 Å². The molecule has 8 heteroatoms. The number of nitrogens with zero attached hydrogens (tertiary/aromatic N) is 2. The molecule has 0 bridgehead atoms. The topological polar surface area (TPSA) is 99.5 Å². The number of phenolic OH excluding ortho intramolecular Hbond substituents is 1. The van der Waals surface area contributed by atoms with E-state index in [0.717, 1.165) is 5.56 Å². The van der Waals surface area contributed by atoms with Gasteiger partial charge in [0.05, 0.1) is 25.8 Å². The zero-order valence-corrected chi connectivity index (χ0v) is 20.5. The van der Waals surface area contributed by atoms with Crippen LogP contribution in [-0.4, -0.2) is 73.1 Å². The number of hydrogen-bond acceptors (Lipinski definition) is 7. The van der Waals surface area contributed by atoms with Crippen LogP contribution >= 0.6 is 0 Å². The van der Waals surface area contributed by atoms with E-state index in [1.807, 2.05) is 32.8 Å². The van der Waals surface area contributed by atoms with E-state index < -0.39 is 17.7 Å². The number of benzene rings is 2. The molecule has 2 aromatic carbocycles. The molecule has 1 saturated heterocycles. The molecule has 182 valence electrons. The summed E-state index contributed by atoms with van der Waals surface area (Å²) in [5.74, 6) is -0.792. The quantitative estimate of drug-likeness (QED) is 0.347. The zero-order valence-electron chi connectivity index (χ0n) is 20.5. The second-order valence-electron chi connectivity index (χ2n) is 8.84. The minimum absolute atomic E-state index is 0.0202. The summed E-state index contributed by atoms with van der Waals surface area (Å²) >= 11 is 0. The fourth-order valence-corrected chi connectivity index (χ4v) is 4.13. The number of rotatable bonds is 8. The molecule has 1 aliphatic heterocycles. The largest absolute Gasteiger partial charge is 0.507 e. The van der Waals surface area contributed by atoms with Crippen molar-refractivity contribution in [2.45, 2.75) is 25.8 Å². The molecule has 1 aliphatic rings. The third kappa shape index (κ3) is 4.72. The Morgan fingerprint density at radius 1 is 1.06 bits per heavy atom. The number of carbonyl (C=O) groups excluding carboxylic acids is 2. The maximum Gasteiger partial charge on any atom is 0.295 e. The lowest BCUT2D eigenvalue weighted by Crippen LogP contribution is -2.35. The fourth-order valence-electron chi connectivity index (χ4n) is 4.13. The van der Waals surface area contributed by atoms with Crippen LogP contribution in [-0.2, 0) is 9.59 Å². The molecule has 1 fully saturated rings. The monoisotopic (exact) mass is 468 g/mol. The average molecular weight is 469 g/mol. The molecule has 3 rings (SSSR count). The minimum Gasteiger partial charge on any atom is -0.507 e. The third-order valence-electron chi connectivity index (χ3n) is 5.97. The van der Waals surface area contributed by atoms with Gasteiger partial charge in [0.15, 0.2) is 11.5 Å². The molecule has 8 nitrogen and oxygen atoms in total. The van der Waals surface area contributed by atoms with Gasteiger partial charge in [-0.05, 0) is 61.5 Å². The Hall–Kier alpha value is -3.52. The highest BCUT2D eigenvalue weighted by Gasteiger charge is 2.46. The lowest BCUT2D eigenvalue weighted by Gasteiger charge is -2.27. The van der Waals surface area contributed by atoms with E-state index >= 15 is 0 Å². The summed E-state index contributed by atoms with van der Waals surface area (Å²) in [5, 5.41) is 21.7. The molecule has 0 aliphatic carbocycles. The van der Waals surface area contributed by atoms with Crippen LogP contribution in [0.2, 0.25) is 0 Å². The van der Waals surface area contributed by atoms with Crippen LogP contribution in [0.1, 0.15) is 42.5 Å². The highest BCUT2D eigenvalue weighted by atomic mass is 16.5. The van der Waals surface area contributed by atoms with E-state index in [9.17, 15) is 19.8 Å². The van der Waals surface area contributed by atoms with Crippen LogP contribution in [0.5, 0.6) is 17.2 Å². The predicted molar refractivity (Wildman–Crippen MR) is 129 cm³/mol. The van der Waals surface area contributed by atoms with Gasteiger partial charge in [0, 0.05) is 18.7 Å². The van der Waals surface area contributed by atoms with Gasteiger partial charge in [-0.3, -0.25) is 9.59 Å². The lowest BCUT2D eigenvalue weighted by atomic mass is 9.93. The van der Waals surface area contributed by atoms with E-state index in [1.54, 1.807) is 37.4 Å². The SMILES string of the molecule is COc1ccc(C2/C(=C(/O)c3ccc(OC)c(C(C)C)c3)C(=O)C(=O)N2CCN(C)C)cc1O. The number of likely N-dealkylation sites (tertiary alicyclic amines) is 1. The molecule has 2 N–H and O–H groups in total. The van der Waals surface area contributed by atoms with Gasteiger partial charge < -0.3 is 29.5 Å². The van der Waals surface area contributed by atoms with Crippen LogP contribution in [0.15, 0.2) is 42.0 Å². The number of ether oxygens (including phenoxy) is 2. The average Bonchev–Trinajstić information content (AvgIpc) is 3.06. The minimum atomic E-state index is -0.860. The number of Topliss-reactive ketones (excluding diaryl/α,β-unsaturated/α-hetero) is 1. The van der Waals surface area contributed by atoms with Crippen molar-refractivity contribution in [2.75, 3.05) is 41.4 Å². The summed E-state index contributed by atoms with van der Waals surface area (Å²) in [4.78, 5) is 29.5. The predicted octanol–water partition coefficient (Wildman–Crippen LogP) is 3.52. The molecule has 34 heavy (non-hydrogen) atoms. The number of likely N-dealkylation sites (N-methyl/N-ethyl adjacent to an activating group) is 1. The van der Waals surface area contributed by atoms with Crippen molar-refractivity contribution < 1.29 is 29.3 Å². The Labute approximate surface area is 200 Å². The van der Waals surface area contributed by atoms with Crippen LogP contribution in [0.4, 0.5) is 0 Å². The highest BCUT2D eigenvalue weighted by molar-refractivity contribution is 6.46. The van der Waals surface area contributed by atoms with Crippen molar-refractivity contribution in [3.05, 3.63) is 58.7 Å². The first-order valence-electron chi connectivity index (χ1n) is 11.1. The highest BCUT2D eigenvalue weighted by Crippen LogP contribution is 2.42. The smallest absolute Gasteiger partial charge is 0.295 e. The third-order valence-corrected chi connectivity index (χ3v) is 5.97. The molecule has 1 heterocycles. The fraction of sp³-hybridized carbons (Fsp3) is 0.385. The number of methoxy groups -OCH3 is 2. The van der Waals surface area contributed by atoms with E-state index in [4.69, 9.17) is 9.47 Å². The molecule has 1 amide bonds. The second kappa shape index (κ2) is 10.2. The van der Waals surface area contributed by atoms with E-state index in [1.165, 1.54) is 18.1 Å². The number of aromatic hydroxyl groups is 1. The second-order valence-corrected chi connectivity index (χ2v) is 8.84. The normalized spacial score (nSPS) is 17.6. The van der Waals surface area contributed by atoms with Crippen molar-refractivity contribution in [1.29, 1.82) is 0 Å². The summed E-state index contributed by atoms with van der Waals surface area (Å²) in [7, 11) is 6.76. The number of hydrogen-bond donors (Lipinski definition) is 2. The van der Waals surface area contributed by atoms with E-state index in [-0.39, 0.29) is 35.3 Å². The molecule has 2 aromatic rings. The van der Waals surface area contributed by atoms with Crippen LogP contribution < -0.4 is 9.47 Å². The number of carbonyl (C=O) groups is 2. The van der Waals surface area contributed by atoms with Gasteiger partial charge in [0.2, 0.25) is 0 Å². The summed E-state index contributed by atoms with van der Waals surface area (Å²) in [5.41, 5.74) is 1.76. The Morgan fingerprint density at radius 3 is 2.26 bits per heavy atom. The van der Waals surface area contributed by atoms with Gasteiger partial charge >= 0.3 is 0 Å². The Balaban J connectivity index is 2.20. The Morgan fingerprint density at radius 2 is 1.71 bits per heavy atom. The van der Waals surface area contributed by atoms with Gasteiger partial charge in [-0.1, -0.05) is 19.9 Å². The maximum absolute atomic E-state index is 13.2. The first-order valence-corrected chi connectivity index (χ1v) is 11.1. The standard InChI is InChI=1S/C26H32N2O6/c1-15(2)18-13-17(8-9-20(18)33-5)24(30)22-23(16-7-10-21(34-6)19(29)14-16)28(12-11-27(3)4)26(32)25(22)31/h7-10,13-15,23,29-30H,11-12H2,1-6H3/b24-22-. The molecular weight excluding hydrogens is 436 g/mol. The molecule has 0 saturated carbocycles. The molecule has 0 spiro atoms. The Bertz CT molecular complexity index is 1120. The maximum atomic E-state index is 13.2. The van der Waals surface area contributed by atoms with Crippen molar-refractivity contribution >= 4 is 17.4 Å². The zero-order chi connectivity index (χ0) is 25.2. The summed E-state index contributed by atoms with van der Waals surface area (Å²) < 4.78 is 10.6. The molecule has 1 unspecified atom stereocenters. The number of phenols is 1. The number of amides is 1. The first kappa shape index (κ1) is 25.1. The van der Waals surface area contributed by atoms with Crippen molar-refractivity contribution in [1.82, 2.24) is 9.80 Å². The van der Waals surface area contributed by atoms with Crippen molar-refractivity contribution in [2.24, 2.45) is 0 Å².